The zero-order valence-electron chi connectivity index (χ0n) is 12.0. The molecule has 0 saturated heterocycles. The summed E-state index contributed by atoms with van der Waals surface area (Å²) in [5, 5.41) is 4.22. The highest BCUT2D eigenvalue weighted by Crippen LogP contribution is 2.34. The molecular formula is C16H18F2N2S. The Bertz CT molecular complexity index is 618. The summed E-state index contributed by atoms with van der Waals surface area (Å²) >= 11 is 1.65. The topological polar surface area (TPSA) is 24.9 Å². The smallest absolute Gasteiger partial charge is 0.131 e. The molecule has 0 radical (unpaired) electrons. The van der Waals surface area contributed by atoms with E-state index in [-0.39, 0.29) is 6.04 Å². The van der Waals surface area contributed by atoms with Crippen LogP contribution < -0.4 is 5.32 Å². The fourth-order valence-corrected chi connectivity index (χ4v) is 3.94. The minimum Gasteiger partial charge on any atom is -0.304 e. The lowest BCUT2D eigenvalue weighted by atomic mass is 10.1. The first-order valence-corrected chi connectivity index (χ1v) is 8.17. The van der Waals surface area contributed by atoms with E-state index in [1.54, 1.807) is 11.3 Å². The van der Waals surface area contributed by atoms with Crippen molar-refractivity contribution in [1.82, 2.24) is 10.3 Å². The quantitative estimate of drug-likeness (QED) is 0.903. The van der Waals surface area contributed by atoms with Gasteiger partial charge in [0.25, 0.3) is 0 Å². The zero-order valence-corrected chi connectivity index (χ0v) is 12.8. The van der Waals surface area contributed by atoms with Crippen LogP contribution >= 0.6 is 11.3 Å². The molecule has 2 aromatic rings. The maximum absolute atomic E-state index is 14.1. The summed E-state index contributed by atoms with van der Waals surface area (Å²) in [5.41, 5.74) is 1.62. The number of aromatic nitrogens is 1. The number of aryl methyl sites for hydroxylation is 2. The summed E-state index contributed by atoms with van der Waals surface area (Å²) in [6.07, 6.45) is 4.19. The summed E-state index contributed by atoms with van der Waals surface area (Å²) in [4.78, 5) is 6.00. The summed E-state index contributed by atoms with van der Waals surface area (Å²) < 4.78 is 27.2. The Hall–Kier alpha value is -1.33. The lowest BCUT2D eigenvalue weighted by Gasteiger charge is -2.17. The molecule has 1 aromatic heterocycles. The predicted octanol–water partition coefficient (Wildman–Crippen LogP) is 4.00. The molecule has 0 fully saturated rings. The number of nitrogens with zero attached hydrogens (tertiary/aromatic N) is 1. The average molecular weight is 308 g/mol. The van der Waals surface area contributed by atoms with E-state index in [0.29, 0.717) is 5.56 Å². The molecule has 1 aliphatic rings. The molecule has 0 bridgehead atoms. The van der Waals surface area contributed by atoms with Gasteiger partial charge in [0.1, 0.15) is 16.6 Å². The predicted molar refractivity (Wildman–Crippen MR) is 80.6 cm³/mol. The van der Waals surface area contributed by atoms with Gasteiger partial charge in [0.15, 0.2) is 0 Å². The molecular weight excluding hydrogens is 290 g/mol. The number of benzene rings is 1. The van der Waals surface area contributed by atoms with Crippen LogP contribution in [0.1, 0.15) is 46.9 Å². The molecule has 1 heterocycles. The molecule has 0 amide bonds. The molecule has 21 heavy (non-hydrogen) atoms. The number of hydrogen-bond acceptors (Lipinski definition) is 3. The molecule has 1 atom stereocenters. The van der Waals surface area contributed by atoms with Crippen molar-refractivity contribution in [2.75, 3.05) is 6.54 Å². The van der Waals surface area contributed by atoms with Crippen molar-refractivity contribution >= 4 is 11.3 Å². The minimum absolute atomic E-state index is 0.291. The molecule has 1 N–H and O–H groups in total. The average Bonchev–Trinajstić information content (AvgIpc) is 3.02. The van der Waals surface area contributed by atoms with Crippen LogP contribution in [0.15, 0.2) is 18.2 Å². The second kappa shape index (κ2) is 6.20. The van der Waals surface area contributed by atoms with Crippen LogP contribution in [-0.2, 0) is 12.8 Å². The number of halogens is 2. The lowest BCUT2D eigenvalue weighted by molar-refractivity contribution is 0.531. The minimum atomic E-state index is -0.549. The first kappa shape index (κ1) is 14.6. The van der Waals surface area contributed by atoms with E-state index in [4.69, 9.17) is 0 Å². The fourth-order valence-electron chi connectivity index (χ4n) is 2.69. The van der Waals surface area contributed by atoms with E-state index >= 15 is 0 Å². The van der Waals surface area contributed by atoms with Crippen molar-refractivity contribution in [2.24, 2.45) is 0 Å². The van der Waals surface area contributed by atoms with Gasteiger partial charge < -0.3 is 5.32 Å². The highest BCUT2D eigenvalue weighted by molar-refractivity contribution is 7.11. The van der Waals surface area contributed by atoms with Crippen molar-refractivity contribution in [3.05, 3.63) is 51.0 Å². The van der Waals surface area contributed by atoms with Crippen LogP contribution in [0.3, 0.4) is 0 Å². The fraction of sp³-hybridized carbons (Fsp3) is 0.438. The molecule has 2 nitrogen and oxygen atoms in total. The van der Waals surface area contributed by atoms with Gasteiger partial charge in [-0.25, -0.2) is 13.8 Å². The molecule has 0 spiro atoms. The second-order valence-electron chi connectivity index (χ2n) is 5.33. The monoisotopic (exact) mass is 308 g/mol. The van der Waals surface area contributed by atoms with Crippen LogP contribution in [0.4, 0.5) is 8.78 Å². The van der Waals surface area contributed by atoms with Gasteiger partial charge in [0.05, 0.1) is 11.7 Å². The Morgan fingerprint density at radius 1 is 1.33 bits per heavy atom. The number of fused-ring (bicyclic) bond motifs is 1. The van der Waals surface area contributed by atoms with Crippen LogP contribution in [-0.4, -0.2) is 11.5 Å². The molecule has 112 valence electrons. The van der Waals surface area contributed by atoms with Gasteiger partial charge in [0, 0.05) is 16.5 Å². The summed E-state index contributed by atoms with van der Waals surface area (Å²) in [6, 6.07) is 3.48. The van der Waals surface area contributed by atoms with E-state index in [2.05, 4.69) is 17.2 Å². The zero-order chi connectivity index (χ0) is 14.8. The number of thiazole rings is 1. The highest BCUT2D eigenvalue weighted by atomic mass is 32.1. The maximum Gasteiger partial charge on any atom is 0.131 e. The summed E-state index contributed by atoms with van der Waals surface area (Å²) in [6.45, 7) is 2.83. The molecule has 5 heteroatoms. The maximum atomic E-state index is 14.1. The highest BCUT2D eigenvalue weighted by Gasteiger charge is 2.24. The van der Waals surface area contributed by atoms with E-state index in [1.165, 1.54) is 17.0 Å². The molecule has 0 saturated carbocycles. The van der Waals surface area contributed by atoms with Crippen LogP contribution in [0.25, 0.3) is 0 Å². The number of nitrogens with one attached hydrogen (secondary N) is 1. The largest absolute Gasteiger partial charge is 0.304 e. The SMILES string of the molecule is CCCNC(c1nc2c(s1)CCC2)c1ccc(F)cc1F. The third kappa shape index (κ3) is 2.99. The Balaban J connectivity index is 1.96. The van der Waals surface area contributed by atoms with Crippen molar-refractivity contribution in [1.29, 1.82) is 0 Å². The molecule has 1 aromatic carbocycles. The normalized spacial score (nSPS) is 15.2. The van der Waals surface area contributed by atoms with Crippen molar-refractivity contribution in [3.63, 3.8) is 0 Å². The first-order valence-electron chi connectivity index (χ1n) is 7.36. The van der Waals surface area contributed by atoms with Gasteiger partial charge in [-0.15, -0.1) is 11.3 Å². The van der Waals surface area contributed by atoms with Gasteiger partial charge in [-0.05, 0) is 38.3 Å². The van der Waals surface area contributed by atoms with Gasteiger partial charge in [-0.1, -0.05) is 13.0 Å². The molecule has 3 rings (SSSR count). The van der Waals surface area contributed by atoms with Crippen LogP contribution in [0.2, 0.25) is 0 Å². The van der Waals surface area contributed by atoms with Gasteiger partial charge in [0.2, 0.25) is 0 Å². The van der Waals surface area contributed by atoms with E-state index < -0.39 is 11.6 Å². The van der Waals surface area contributed by atoms with Crippen molar-refractivity contribution < 1.29 is 8.78 Å². The van der Waals surface area contributed by atoms with Gasteiger partial charge in [-0.3, -0.25) is 0 Å². The number of rotatable bonds is 5. The van der Waals surface area contributed by atoms with Crippen molar-refractivity contribution in [2.45, 2.75) is 38.6 Å². The summed E-state index contributed by atoms with van der Waals surface area (Å²) in [7, 11) is 0. The first-order chi connectivity index (χ1) is 10.2. The molecule has 1 unspecified atom stereocenters. The van der Waals surface area contributed by atoms with E-state index in [0.717, 1.165) is 49.0 Å². The Labute approximate surface area is 127 Å². The van der Waals surface area contributed by atoms with Crippen LogP contribution in [0.5, 0.6) is 0 Å². The molecule has 0 aliphatic heterocycles. The third-order valence-electron chi connectivity index (χ3n) is 3.73. The van der Waals surface area contributed by atoms with E-state index in [1.807, 2.05) is 0 Å². The lowest BCUT2D eigenvalue weighted by Crippen LogP contribution is -2.24. The number of hydrogen-bond donors (Lipinski definition) is 1. The second-order valence-corrected chi connectivity index (χ2v) is 6.44. The Kier molecular flexibility index (Phi) is 4.31. The standard InChI is InChI=1S/C16H18F2N2S/c1-2-8-19-15(11-7-6-10(17)9-12(11)18)16-20-13-4-3-5-14(13)21-16/h6-7,9,15,19H,2-5,8H2,1H3. The van der Waals surface area contributed by atoms with Gasteiger partial charge >= 0.3 is 0 Å². The van der Waals surface area contributed by atoms with Crippen molar-refractivity contribution in [3.8, 4) is 0 Å². The third-order valence-corrected chi connectivity index (χ3v) is 4.95. The Morgan fingerprint density at radius 2 is 2.19 bits per heavy atom. The molecule has 1 aliphatic carbocycles. The van der Waals surface area contributed by atoms with E-state index in [9.17, 15) is 8.78 Å². The Morgan fingerprint density at radius 3 is 2.90 bits per heavy atom. The van der Waals surface area contributed by atoms with Crippen LogP contribution in [0, 0.1) is 11.6 Å². The van der Waals surface area contributed by atoms with Gasteiger partial charge in [-0.2, -0.15) is 0 Å². The summed E-state index contributed by atoms with van der Waals surface area (Å²) in [5.74, 6) is -1.06.